The predicted octanol–water partition coefficient (Wildman–Crippen LogP) is 1.41. The molecular weight excluding hydrogens is 301 g/mol. The minimum atomic E-state index is -0.942. The molecule has 0 bridgehead atoms. The summed E-state index contributed by atoms with van der Waals surface area (Å²) in [5.74, 6) is -2.04. The van der Waals surface area contributed by atoms with Crippen molar-refractivity contribution in [1.82, 2.24) is 20.5 Å². The van der Waals surface area contributed by atoms with Crippen LogP contribution in [0.25, 0.3) is 0 Å². The Bertz CT molecular complexity index is 641. The lowest BCUT2D eigenvalue weighted by Crippen LogP contribution is -2.37. The van der Waals surface area contributed by atoms with Crippen LogP contribution in [-0.2, 0) is 9.59 Å². The molecule has 110 valence electrons. The van der Waals surface area contributed by atoms with Crippen molar-refractivity contribution in [2.45, 2.75) is 13.0 Å². The van der Waals surface area contributed by atoms with Gasteiger partial charge in [-0.15, -0.1) is 0 Å². The quantitative estimate of drug-likeness (QED) is 0.746. The van der Waals surface area contributed by atoms with Crippen molar-refractivity contribution in [3.8, 4) is 0 Å². The van der Waals surface area contributed by atoms with Crippen molar-refractivity contribution in [3.63, 3.8) is 0 Å². The Morgan fingerprint density at radius 3 is 2.71 bits per heavy atom. The molecule has 0 saturated heterocycles. The number of carbonyl (C=O) groups excluding carboxylic acids is 2. The second-order valence-electron chi connectivity index (χ2n) is 4.18. The first-order valence-corrected chi connectivity index (χ1v) is 6.26. The number of hydrogen-bond donors (Lipinski definition) is 3. The van der Waals surface area contributed by atoms with Crippen LogP contribution in [-0.4, -0.2) is 27.0 Å². The van der Waals surface area contributed by atoms with Crippen LogP contribution in [0.2, 0.25) is 5.02 Å². The number of anilines is 1. The third-order valence-corrected chi connectivity index (χ3v) is 2.74. The topological polar surface area (TPSA) is 99.8 Å². The molecule has 3 N–H and O–H groups in total. The van der Waals surface area contributed by atoms with Crippen LogP contribution in [0.4, 0.5) is 10.1 Å². The van der Waals surface area contributed by atoms with E-state index in [0.29, 0.717) is 5.82 Å². The van der Waals surface area contributed by atoms with Crippen molar-refractivity contribution in [1.29, 1.82) is 0 Å². The standard InChI is InChI=1S/C12H11ClFN5O2/c1-6(10-15-5-16-19-10)17-11(20)12(21)18-9-3-7(13)2-8(14)4-9/h2-6H,1H3,(H,17,20)(H,18,21)(H,15,16,19)/t6-/m1/s1. The van der Waals surface area contributed by atoms with Gasteiger partial charge in [0, 0.05) is 10.7 Å². The van der Waals surface area contributed by atoms with E-state index in [1.54, 1.807) is 6.92 Å². The van der Waals surface area contributed by atoms with Crippen molar-refractivity contribution >= 4 is 29.1 Å². The van der Waals surface area contributed by atoms with E-state index in [1.165, 1.54) is 12.4 Å². The highest BCUT2D eigenvalue weighted by Crippen LogP contribution is 2.18. The van der Waals surface area contributed by atoms with Crippen LogP contribution in [0.3, 0.4) is 0 Å². The summed E-state index contributed by atoms with van der Waals surface area (Å²) in [6.45, 7) is 1.63. The molecule has 1 atom stereocenters. The van der Waals surface area contributed by atoms with Gasteiger partial charge in [0.25, 0.3) is 0 Å². The average molecular weight is 312 g/mol. The highest BCUT2D eigenvalue weighted by molar-refractivity contribution is 6.39. The summed E-state index contributed by atoms with van der Waals surface area (Å²) < 4.78 is 13.1. The number of nitrogens with one attached hydrogen (secondary N) is 3. The number of aromatic nitrogens is 3. The number of rotatable bonds is 3. The molecule has 2 amide bonds. The molecule has 1 heterocycles. The molecular formula is C12H11ClFN5O2. The summed E-state index contributed by atoms with van der Waals surface area (Å²) in [7, 11) is 0. The summed E-state index contributed by atoms with van der Waals surface area (Å²) in [6.07, 6.45) is 1.28. The van der Waals surface area contributed by atoms with Gasteiger partial charge < -0.3 is 10.6 Å². The highest BCUT2D eigenvalue weighted by atomic mass is 35.5. The molecule has 0 fully saturated rings. The molecule has 0 aliphatic carbocycles. The first-order valence-electron chi connectivity index (χ1n) is 5.89. The van der Waals surface area contributed by atoms with Gasteiger partial charge in [-0.05, 0) is 25.1 Å². The SMILES string of the molecule is C[C@@H](NC(=O)C(=O)Nc1cc(F)cc(Cl)c1)c1ncn[nH]1. The summed E-state index contributed by atoms with van der Waals surface area (Å²) >= 11 is 5.65. The van der Waals surface area contributed by atoms with Gasteiger partial charge in [0.05, 0.1) is 6.04 Å². The van der Waals surface area contributed by atoms with Gasteiger partial charge in [0.15, 0.2) is 0 Å². The fourth-order valence-corrected chi connectivity index (χ4v) is 1.79. The zero-order chi connectivity index (χ0) is 15.4. The number of halogens is 2. The maximum Gasteiger partial charge on any atom is 0.313 e. The number of hydrogen-bond acceptors (Lipinski definition) is 4. The van der Waals surface area contributed by atoms with Crippen molar-refractivity contribution < 1.29 is 14.0 Å². The number of H-pyrrole nitrogens is 1. The molecule has 1 aromatic heterocycles. The van der Waals surface area contributed by atoms with Gasteiger partial charge in [0.1, 0.15) is 18.0 Å². The highest BCUT2D eigenvalue weighted by Gasteiger charge is 2.18. The smallest absolute Gasteiger partial charge is 0.313 e. The number of aromatic amines is 1. The molecule has 1 aromatic carbocycles. The van der Waals surface area contributed by atoms with Crippen LogP contribution in [0.5, 0.6) is 0 Å². The Balaban J connectivity index is 1.98. The van der Waals surface area contributed by atoms with Crippen molar-refractivity contribution in [2.24, 2.45) is 0 Å². The Kier molecular flexibility index (Phi) is 4.49. The minimum absolute atomic E-state index is 0.0902. The minimum Gasteiger partial charge on any atom is -0.338 e. The Morgan fingerprint density at radius 1 is 1.33 bits per heavy atom. The average Bonchev–Trinajstić information content (AvgIpc) is 2.91. The summed E-state index contributed by atoms with van der Waals surface area (Å²) in [4.78, 5) is 27.3. The lowest BCUT2D eigenvalue weighted by atomic mass is 10.3. The van der Waals surface area contributed by atoms with Gasteiger partial charge >= 0.3 is 11.8 Å². The van der Waals surface area contributed by atoms with Crippen LogP contribution in [0.1, 0.15) is 18.8 Å². The van der Waals surface area contributed by atoms with E-state index < -0.39 is 23.7 Å². The molecule has 2 aromatic rings. The summed E-state index contributed by atoms with van der Waals surface area (Å²) in [5.41, 5.74) is 0.0902. The van der Waals surface area contributed by atoms with E-state index in [9.17, 15) is 14.0 Å². The molecule has 0 aliphatic rings. The van der Waals surface area contributed by atoms with E-state index in [4.69, 9.17) is 11.6 Å². The van der Waals surface area contributed by atoms with Crippen molar-refractivity contribution in [3.05, 3.63) is 41.2 Å². The van der Waals surface area contributed by atoms with E-state index in [-0.39, 0.29) is 10.7 Å². The maximum atomic E-state index is 13.1. The fraction of sp³-hybridized carbons (Fsp3) is 0.167. The van der Waals surface area contributed by atoms with Gasteiger partial charge in [0.2, 0.25) is 0 Å². The van der Waals surface area contributed by atoms with E-state index in [1.807, 2.05) is 0 Å². The number of amides is 2. The van der Waals surface area contributed by atoms with Gasteiger partial charge in [-0.25, -0.2) is 9.37 Å². The maximum absolute atomic E-state index is 13.1. The normalized spacial score (nSPS) is 11.8. The van der Waals surface area contributed by atoms with Crippen LogP contribution in [0, 0.1) is 5.82 Å². The Morgan fingerprint density at radius 2 is 2.10 bits per heavy atom. The first-order chi connectivity index (χ1) is 9.95. The Hall–Kier alpha value is -2.48. The third-order valence-electron chi connectivity index (χ3n) is 2.52. The van der Waals surface area contributed by atoms with E-state index >= 15 is 0 Å². The van der Waals surface area contributed by atoms with Crippen molar-refractivity contribution in [2.75, 3.05) is 5.32 Å². The van der Waals surface area contributed by atoms with E-state index in [0.717, 1.165) is 12.1 Å². The largest absolute Gasteiger partial charge is 0.338 e. The number of carbonyl (C=O) groups is 2. The van der Waals surface area contributed by atoms with Gasteiger partial charge in [-0.1, -0.05) is 11.6 Å². The molecule has 7 nitrogen and oxygen atoms in total. The summed E-state index contributed by atoms with van der Waals surface area (Å²) in [5, 5.41) is 11.0. The lowest BCUT2D eigenvalue weighted by molar-refractivity contribution is -0.136. The van der Waals surface area contributed by atoms with Gasteiger partial charge in [-0.2, -0.15) is 5.10 Å². The lowest BCUT2D eigenvalue weighted by Gasteiger charge is -2.11. The molecule has 21 heavy (non-hydrogen) atoms. The van der Waals surface area contributed by atoms with Gasteiger partial charge in [-0.3, -0.25) is 14.7 Å². The fourth-order valence-electron chi connectivity index (χ4n) is 1.57. The van der Waals surface area contributed by atoms with Crippen LogP contribution < -0.4 is 10.6 Å². The third kappa shape index (κ3) is 3.99. The van der Waals surface area contributed by atoms with E-state index in [2.05, 4.69) is 25.8 Å². The predicted molar refractivity (Wildman–Crippen MR) is 73.0 cm³/mol. The summed E-state index contributed by atoms with van der Waals surface area (Å²) in [6, 6.07) is 2.94. The zero-order valence-corrected chi connectivity index (χ0v) is 11.6. The second-order valence-corrected chi connectivity index (χ2v) is 4.61. The molecule has 0 aliphatic heterocycles. The second kappa shape index (κ2) is 6.31. The van der Waals surface area contributed by atoms with Crippen LogP contribution in [0.15, 0.2) is 24.5 Å². The van der Waals surface area contributed by atoms with Crippen LogP contribution >= 0.6 is 11.6 Å². The molecule has 0 unspecified atom stereocenters. The Labute approximate surface area is 123 Å². The monoisotopic (exact) mass is 311 g/mol. The zero-order valence-electron chi connectivity index (χ0n) is 10.9. The molecule has 2 rings (SSSR count). The molecule has 0 radical (unpaired) electrons. The molecule has 0 spiro atoms. The number of nitrogens with zero attached hydrogens (tertiary/aromatic N) is 2. The number of benzene rings is 1. The molecule has 0 saturated carbocycles. The first kappa shape index (κ1) is 14.9. The molecule has 9 heteroatoms.